The molecular weight excluding hydrogens is 416 g/mol. The molecule has 0 aliphatic rings. The molecule has 0 aliphatic heterocycles. The maximum absolute atomic E-state index is 11.0. The third-order valence-corrected chi connectivity index (χ3v) is 4.51. The molecule has 0 unspecified atom stereocenters. The maximum atomic E-state index is 11.0. The van der Waals surface area contributed by atoms with E-state index in [9.17, 15) is 20.2 Å². The van der Waals surface area contributed by atoms with Gasteiger partial charge in [0, 0.05) is 29.3 Å². The zero-order valence-corrected chi connectivity index (χ0v) is 17.4. The highest BCUT2D eigenvalue weighted by Gasteiger charge is 2.14. The minimum atomic E-state index is -0.454. The van der Waals surface area contributed by atoms with E-state index in [0.717, 1.165) is 5.56 Å². The fourth-order valence-electron chi connectivity index (χ4n) is 3.05. The molecule has 3 aromatic carbocycles. The molecule has 0 fully saturated rings. The first kappa shape index (κ1) is 22.3. The van der Waals surface area contributed by atoms with Crippen molar-refractivity contribution < 1.29 is 24.1 Å². The van der Waals surface area contributed by atoms with Crippen LogP contribution in [0.25, 0.3) is 0 Å². The second-order valence-electron chi connectivity index (χ2n) is 6.91. The van der Waals surface area contributed by atoms with Crippen molar-refractivity contribution in [3.05, 3.63) is 104 Å². The second kappa shape index (κ2) is 9.61. The zero-order valence-electron chi connectivity index (χ0n) is 17.4. The van der Waals surface area contributed by atoms with Crippen LogP contribution in [0.15, 0.2) is 67.4 Å². The summed E-state index contributed by atoms with van der Waals surface area (Å²) in [5.41, 5.74) is 1.67. The van der Waals surface area contributed by atoms with E-state index in [1.807, 2.05) is 0 Å². The third kappa shape index (κ3) is 5.39. The minimum absolute atomic E-state index is 0.00282. The van der Waals surface area contributed by atoms with E-state index in [1.165, 1.54) is 30.5 Å². The topological polar surface area (TPSA) is 114 Å². The summed E-state index contributed by atoms with van der Waals surface area (Å²) in [4.78, 5) is 21.1. The molecular formula is C23H20N2O7. The SMILES string of the molecule is C=COCc1cc(Oc2ccc([N+](=O)[O-])c(C)c2)cc(Oc2ccc([N+](=O)[O-])c(C)c2)c1. The summed E-state index contributed by atoms with van der Waals surface area (Å²) in [6, 6.07) is 14.1. The Bertz CT molecular complexity index is 1110. The molecule has 0 aromatic heterocycles. The van der Waals surface area contributed by atoms with Crippen LogP contribution in [0, 0.1) is 34.1 Å². The molecule has 32 heavy (non-hydrogen) atoms. The second-order valence-corrected chi connectivity index (χ2v) is 6.91. The van der Waals surface area contributed by atoms with Crippen molar-refractivity contribution in [1.82, 2.24) is 0 Å². The van der Waals surface area contributed by atoms with E-state index in [-0.39, 0.29) is 18.0 Å². The van der Waals surface area contributed by atoms with Gasteiger partial charge in [-0.1, -0.05) is 6.58 Å². The lowest BCUT2D eigenvalue weighted by Gasteiger charge is -2.13. The molecule has 0 heterocycles. The van der Waals surface area contributed by atoms with E-state index in [2.05, 4.69) is 6.58 Å². The van der Waals surface area contributed by atoms with Crippen molar-refractivity contribution in [1.29, 1.82) is 0 Å². The monoisotopic (exact) mass is 436 g/mol. The average Bonchev–Trinajstić information content (AvgIpc) is 2.71. The number of benzene rings is 3. The Balaban J connectivity index is 1.90. The first-order valence-electron chi connectivity index (χ1n) is 9.49. The largest absolute Gasteiger partial charge is 0.497 e. The van der Waals surface area contributed by atoms with Gasteiger partial charge in [-0.15, -0.1) is 0 Å². The summed E-state index contributed by atoms with van der Waals surface area (Å²) in [5.74, 6) is 1.70. The zero-order chi connectivity index (χ0) is 23.3. The highest BCUT2D eigenvalue weighted by Crippen LogP contribution is 2.33. The predicted molar refractivity (Wildman–Crippen MR) is 117 cm³/mol. The van der Waals surface area contributed by atoms with E-state index in [0.29, 0.717) is 34.1 Å². The molecule has 0 amide bonds. The molecule has 0 aliphatic carbocycles. The molecule has 0 radical (unpaired) electrons. The van der Waals surface area contributed by atoms with Crippen LogP contribution in [-0.2, 0) is 11.3 Å². The number of hydrogen-bond acceptors (Lipinski definition) is 7. The highest BCUT2D eigenvalue weighted by atomic mass is 16.6. The lowest BCUT2D eigenvalue weighted by Crippen LogP contribution is -1.95. The summed E-state index contributed by atoms with van der Waals surface area (Å²) in [6.45, 7) is 7.00. The van der Waals surface area contributed by atoms with Gasteiger partial charge >= 0.3 is 0 Å². The van der Waals surface area contributed by atoms with E-state index < -0.39 is 9.85 Å². The third-order valence-electron chi connectivity index (χ3n) is 4.51. The summed E-state index contributed by atoms with van der Waals surface area (Å²) in [5, 5.41) is 22.1. The number of nitro groups is 2. The van der Waals surface area contributed by atoms with Gasteiger partial charge < -0.3 is 14.2 Å². The van der Waals surface area contributed by atoms with Crippen LogP contribution >= 0.6 is 0 Å². The highest BCUT2D eigenvalue weighted by molar-refractivity contribution is 5.49. The van der Waals surface area contributed by atoms with Crippen LogP contribution in [0.5, 0.6) is 23.0 Å². The quantitative estimate of drug-likeness (QED) is 0.218. The Morgan fingerprint density at radius 2 is 1.25 bits per heavy atom. The van der Waals surface area contributed by atoms with Gasteiger partial charge in [0.15, 0.2) is 0 Å². The van der Waals surface area contributed by atoms with Gasteiger partial charge in [0.05, 0.1) is 16.1 Å². The molecule has 0 saturated carbocycles. The number of hydrogen-bond donors (Lipinski definition) is 0. The van der Waals surface area contributed by atoms with Crippen LogP contribution in [0.3, 0.4) is 0 Å². The normalized spacial score (nSPS) is 10.3. The summed E-state index contributed by atoms with van der Waals surface area (Å²) < 4.78 is 17.0. The summed E-state index contributed by atoms with van der Waals surface area (Å²) in [6.07, 6.45) is 1.31. The van der Waals surface area contributed by atoms with Gasteiger partial charge in [-0.3, -0.25) is 20.2 Å². The van der Waals surface area contributed by atoms with Crippen LogP contribution in [0.1, 0.15) is 16.7 Å². The number of nitro benzene ring substituents is 2. The van der Waals surface area contributed by atoms with Crippen LogP contribution in [0.4, 0.5) is 11.4 Å². The molecule has 3 rings (SSSR count). The molecule has 0 bridgehead atoms. The van der Waals surface area contributed by atoms with Gasteiger partial charge in [0.2, 0.25) is 0 Å². The Kier molecular flexibility index (Phi) is 6.69. The lowest BCUT2D eigenvalue weighted by molar-refractivity contribution is -0.385. The fourth-order valence-corrected chi connectivity index (χ4v) is 3.05. The molecule has 0 atom stereocenters. The van der Waals surface area contributed by atoms with Crippen LogP contribution in [0.2, 0.25) is 0 Å². The minimum Gasteiger partial charge on any atom is -0.497 e. The van der Waals surface area contributed by atoms with Gasteiger partial charge in [-0.25, -0.2) is 0 Å². The molecule has 0 spiro atoms. The predicted octanol–water partition coefficient (Wildman–Crippen LogP) is 6.36. The van der Waals surface area contributed by atoms with Crippen molar-refractivity contribution >= 4 is 11.4 Å². The molecule has 0 saturated heterocycles. The smallest absolute Gasteiger partial charge is 0.272 e. The Morgan fingerprint density at radius 3 is 1.62 bits per heavy atom. The van der Waals surface area contributed by atoms with E-state index in [4.69, 9.17) is 14.2 Å². The van der Waals surface area contributed by atoms with Crippen LogP contribution < -0.4 is 9.47 Å². The molecule has 9 heteroatoms. The Hall–Kier alpha value is -4.40. The van der Waals surface area contributed by atoms with Crippen molar-refractivity contribution in [2.24, 2.45) is 0 Å². The van der Waals surface area contributed by atoms with Crippen molar-refractivity contribution in [3.63, 3.8) is 0 Å². The Morgan fingerprint density at radius 1 is 0.781 bits per heavy atom. The lowest BCUT2D eigenvalue weighted by atomic mass is 10.2. The molecule has 9 nitrogen and oxygen atoms in total. The van der Waals surface area contributed by atoms with E-state index >= 15 is 0 Å². The first-order valence-corrected chi connectivity index (χ1v) is 9.49. The molecule has 0 N–H and O–H groups in total. The Labute approximate surface area is 183 Å². The number of nitrogens with zero attached hydrogens (tertiary/aromatic N) is 2. The van der Waals surface area contributed by atoms with Gasteiger partial charge in [-0.2, -0.15) is 0 Å². The van der Waals surface area contributed by atoms with Crippen LogP contribution in [-0.4, -0.2) is 9.85 Å². The molecule has 164 valence electrons. The average molecular weight is 436 g/mol. The maximum Gasteiger partial charge on any atom is 0.272 e. The molecule has 3 aromatic rings. The number of rotatable bonds is 9. The van der Waals surface area contributed by atoms with Gasteiger partial charge in [0.25, 0.3) is 11.4 Å². The van der Waals surface area contributed by atoms with Crippen molar-refractivity contribution in [2.75, 3.05) is 0 Å². The van der Waals surface area contributed by atoms with Gasteiger partial charge in [0.1, 0.15) is 29.6 Å². The van der Waals surface area contributed by atoms with Crippen molar-refractivity contribution in [2.45, 2.75) is 20.5 Å². The van der Waals surface area contributed by atoms with E-state index in [1.54, 1.807) is 44.2 Å². The first-order chi connectivity index (χ1) is 15.3. The standard InChI is InChI=1S/C23H20N2O7/c1-4-30-14-17-11-20(31-18-5-7-22(24(26)27)15(2)9-18)13-21(12-17)32-19-6-8-23(25(28)29)16(3)10-19/h4-13H,1,14H2,2-3H3. The van der Waals surface area contributed by atoms with Crippen molar-refractivity contribution in [3.8, 4) is 23.0 Å². The summed E-state index contributed by atoms with van der Waals surface area (Å²) >= 11 is 0. The number of ether oxygens (including phenoxy) is 3. The summed E-state index contributed by atoms with van der Waals surface area (Å²) in [7, 11) is 0. The fraction of sp³-hybridized carbons (Fsp3) is 0.130. The van der Waals surface area contributed by atoms with Gasteiger partial charge in [-0.05, 0) is 55.8 Å². The number of aryl methyl sites for hydroxylation is 2.